The highest BCUT2D eigenvalue weighted by atomic mass is 15.2. The second kappa shape index (κ2) is 4.05. The van der Waals surface area contributed by atoms with Gasteiger partial charge < -0.3 is 11.2 Å². The maximum absolute atomic E-state index is 6.00. The molecule has 3 atom stereocenters. The van der Waals surface area contributed by atoms with Gasteiger partial charge in [-0.25, -0.2) is 0 Å². The monoisotopic (exact) mass is 209 g/mol. The summed E-state index contributed by atoms with van der Waals surface area (Å²) in [4.78, 5) is 0. The van der Waals surface area contributed by atoms with Gasteiger partial charge in [-0.2, -0.15) is 0 Å². The molecule has 2 rings (SSSR count). The molecule has 3 heteroatoms. The summed E-state index contributed by atoms with van der Waals surface area (Å²) in [6.45, 7) is 4.68. The Morgan fingerprint density at radius 1 is 1.20 bits per heavy atom. The molecule has 0 aliphatic heterocycles. The van der Waals surface area contributed by atoms with E-state index in [0.717, 1.165) is 47.9 Å². The number of nitrogens with two attached hydrogens (primary N) is 2. The summed E-state index contributed by atoms with van der Waals surface area (Å²) in [5, 5.41) is 0. The Morgan fingerprint density at radius 2 is 1.80 bits per heavy atom. The molecule has 0 radical (unpaired) electrons. The molecule has 2 aliphatic rings. The fraction of sp³-hybridized carbons (Fsp3) is 0.833. The Morgan fingerprint density at radius 3 is 2.33 bits per heavy atom. The van der Waals surface area contributed by atoms with Gasteiger partial charge in [-0.15, -0.1) is 0 Å². The first-order valence-corrected chi connectivity index (χ1v) is 6.09. The Balaban J connectivity index is 2.00. The highest BCUT2D eigenvalue weighted by molar-refractivity contribution is 5.13. The molecule has 86 valence electrons. The SMILES string of the molecule is CC(C)C1C2CC/C(N)=C(/NN)CCC21. The summed E-state index contributed by atoms with van der Waals surface area (Å²) in [6, 6.07) is 0. The third-order valence-electron chi connectivity index (χ3n) is 4.20. The number of hydrogen-bond acceptors (Lipinski definition) is 3. The van der Waals surface area contributed by atoms with Crippen molar-refractivity contribution in [3.63, 3.8) is 0 Å². The highest BCUT2D eigenvalue weighted by Gasteiger charge is 2.50. The minimum Gasteiger partial charge on any atom is -0.401 e. The topological polar surface area (TPSA) is 64.1 Å². The van der Waals surface area contributed by atoms with Crippen molar-refractivity contribution in [2.45, 2.75) is 39.5 Å². The quantitative estimate of drug-likeness (QED) is 0.479. The lowest BCUT2D eigenvalue weighted by Crippen LogP contribution is -2.25. The Labute approximate surface area is 92.3 Å². The molecule has 0 saturated heterocycles. The number of hydrazine groups is 1. The van der Waals surface area contributed by atoms with Gasteiger partial charge in [0.05, 0.1) is 0 Å². The Hall–Kier alpha value is -0.700. The van der Waals surface area contributed by atoms with E-state index in [1.807, 2.05) is 0 Å². The van der Waals surface area contributed by atoms with Gasteiger partial charge in [0.15, 0.2) is 0 Å². The molecule has 0 spiro atoms. The molecule has 0 amide bonds. The summed E-state index contributed by atoms with van der Waals surface area (Å²) in [6.07, 6.45) is 4.56. The van der Waals surface area contributed by atoms with Gasteiger partial charge in [-0.1, -0.05) is 13.8 Å². The van der Waals surface area contributed by atoms with Crippen molar-refractivity contribution >= 4 is 0 Å². The molecular formula is C12H23N3. The van der Waals surface area contributed by atoms with Crippen molar-refractivity contribution in [2.75, 3.05) is 0 Å². The maximum Gasteiger partial charge on any atom is 0.0446 e. The molecule has 15 heavy (non-hydrogen) atoms. The van der Waals surface area contributed by atoms with E-state index >= 15 is 0 Å². The van der Waals surface area contributed by atoms with E-state index < -0.39 is 0 Å². The summed E-state index contributed by atoms with van der Waals surface area (Å²) in [7, 11) is 0. The van der Waals surface area contributed by atoms with Gasteiger partial charge in [-0.3, -0.25) is 5.84 Å². The summed E-state index contributed by atoms with van der Waals surface area (Å²) >= 11 is 0. The van der Waals surface area contributed by atoms with Gasteiger partial charge >= 0.3 is 0 Å². The maximum atomic E-state index is 6.00. The van der Waals surface area contributed by atoms with Crippen molar-refractivity contribution < 1.29 is 0 Å². The van der Waals surface area contributed by atoms with Gasteiger partial charge in [0.2, 0.25) is 0 Å². The van der Waals surface area contributed by atoms with Gasteiger partial charge in [0.25, 0.3) is 0 Å². The number of rotatable bonds is 2. The third-order valence-corrected chi connectivity index (χ3v) is 4.20. The van der Waals surface area contributed by atoms with E-state index in [2.05, 4.69) is 19.3 Å². The van der Waals surface area contributed by atoms with Crippen LogP contribution in [0, 0.1) is 23.7 Å². The molecule has 1 saturated carbocycles. The van der Waals surface area contributed by atoms with Crippen LogP contribution in [0.15, 0.2) is 11.4 Å². The van der Waals surface area contributed by atoms with Crippen molar-refractivity contribution in [2.24, 2.45) is 35.2 Å². The third kappa shape index (κ3) is 1.98. The average molecular weight is 209 g/mol. The van der Waals surface area contributed by atoms with Crippen molar-refractivity contribution in [1.82, 2.24) is 5.43 Å². The van der Waals surface area contributed by atoms with Crippen LogP contribution >= 0.6 is 0 Å². The number of hydrogen-bond donors (Lipinski definition) is 3. The van der Waals surface area contributed by atoms with Crippen LogP contribution in [0.25, 0.3) is 0 Å². The smallest absolute Gasteiger partial charge is 0.0446 e. The zero-order valence-corrected chi connectivity index (χ0v) is 9.79. The number of allylic oxidation sites excluding steroid dienone is 2. The normalized spacial score (nSPS) is 40.7. The molecule has 0 bridgehead atoms. The standard InChI is InChI=1S/C12H23N3/c1-7(2)12-8-3-5-10(13)11(15-14)6-4-9(8)12/h7-9,12,15H,3-6,13-14H2,1-2H3/b11-10-. The molecule has 2 aliphatic carbocycles. The first-order chi connectivity index (χ1) is 7.15. The van der Waals surface area contributed by atoms with E-state index in [9.17, 15) is 0 Å². The van der Waals surface area contributed by atoms with Crippen LogP contribution < -0.4 is 17.0 Å². The minimum absolute atomic E-state index is 0.827. The number of nitrogens with one attached hydrogen (secondary N) is 1. The second-order valence-corrected chi connectivity index (χ2v) is 5.37. The minimum atomic E-state index is 0.827. The molecule has 0 aromatic rings. The van der Waals surface area contributed by atoms with Gasteiger partial charge in [0, 0.05) is 11.4 Å². The lowest BCUT2D eigenvalue weighted by Gasteiger charge is -2.13. The molecule has 0 aromatic carbocycles. The zero-order chi connectivity index (χ0) is 11.0. The lowest BCUT2D eigenvalue weighted by molar-refractivity contribution is 0.490. The first-order valence-electron chi connectivity index (χ1n) is 6.09. The first kappa shape index (κ1) is 10.8. The van der Waals surface area contributed by atoms with Crippen LogP contribution in [0.4, 0.5) is 0 Å². The Kier molecular flexibility index (Phi) is 2.91. The van der Waals surface area contributed by atoms with Crippen LogP contribution in [0.2, 0.25) is 0 Å². The van der Waals surface area contributed by atoms with Gasteiger partial charge in [-0.05, 0) is 49.4 Å². The fourth-order valence-electron chi connectivity index (χ4n) is 3.39. The predicted molar refractivity (Wildman–Crippen MR) is 62.3 cm³/mol. The van der Waals surface area contributed by atoms with Crippen molar-refractivity contribution in [3.8, 4) is 0 Å². The molecule has 0 aromatic heterocycles. The van der Waals surface area contributed by atoms with Crippen LogP contribution in [-0.2, 0) is 0 Å². The van der Waals surface area contributed by atoms with Crippen LogP contribution in [0.1, 0.15) is 39.5 Å². The number of fused-ring (bicyclic) bond motifs is 1. The fourth-order valence-corrected chi connectivity index (χ4v) is 3.39. The predicted octanol–water partition coefficient (Wildman–Crippen LogP) is 1.71. The van der Waals surface area contributed by atoms with Crippen molar-refractivity contribution in [1.29, 1.82) is 0 Å². The van der Waals surface area contributed by atoms with E-state index in [1.165, 1.54) is 12.8 Å². The van der Waals surface area contributed by atoms with Crippen LogP contribution in [0.5, 0.6) is 0 Å². The highest BCUT2D eigenvalue weighted by Crippen LogP contribution is 2.56. The second-order valence-electron chi connectivity index (χ2n) is 5.37. The lowest BCUT2D eigenvalue weighted by atomic mass is 10.0. The zero-order valence-electron chi connectivity index (χ0n) is 9.79. The Bertz CT molecular complexity index is 270. The largest absolute Gasteiger partial charge is 0.401 e. The van der Waals surface area contributed by atoms with E-state index in [-0.39, 0.29) is 0 Å². The molecule has 3 unspecified atom stereocenters. The molecule has 5 N–H and O–H groups in total. The van der Waals surface area contributed by atoms with E-state index in [1.54, 1.807) is 0 Å². The average Bonchev–Trinajstić information content (AvgIpc) is 2.86. The summed E-state index contributed by atoms with van der Waals surface area (Å²) in [5.74, 6) is 9.11. The van der Waals surface area contributed by atoms with Crippen LogP contribution in [0.3, 0.4) is 0 Å². The molecule has 3 nitrogen and oxygen atoms in total. The van der Waals surface area contributed by atoms with Gasteiger partial charge in [0.1, 0.15) is 0 Å². The van der Waals surface area contributed by atoms with E-state index in [0.29, 0.717) is 0 Å². The van der Waals surface area contributed by atoms with E-state index in [4.69, 9.17) is 11.6 Å². The molecule has 1 fully saturated rings. The van der Waals surface area contributed by atoms with Crippen LogP contribution in [-0.4, -0.2) is 0 Å². The summed E-state index contributed by atoms with van der Waals surface area (Å²) in [5.41, 5.74) is 10.8. The molecular weight excluding hydrogens is 186 g/mol. The summed E-state index contributed by atoms with van der Waals surface area (Å²) < 4.78 is 0. The molecule has 0 heterocycles. The van der Waals surface area contributed by atoms with Crippen molar-refractivity contribution in [3.05, 3.63) is 11.4 Å².